The summed E-state index contributed by atoms with van der Waals surface area (Å²) in [5.41, 5.74) is 2.61. The molecule has 0 saturated carbocycles. The van der Waals surface area contributed by atoms with Crippen LogP contribution in [0, 0.1) is 0 Å². The SMILES string of the molecule is COc1c(CCc2nc(C(C)C)cs2)ccn2c(=O)cc(N3CCOCC3)nc12. The summed E-state index contributed by atoms with van der Waals surface area (Å²) < 4.78 is 12.7. The molecule has 1 saturated heterocycles. The maximum Gasteiger partial charge on any atom is 0.260 e. The van der Waals surface area contributed by atoms with Gasteiger partial charge in [0.05, 0.1) is 31.0 Å². The van der Waals surface area contributed by atoms with Crippen molar-refractivity contribution in [1.82, 2.24) is 14.4 Å². The number of ether oxygens (including phenoxy) is 2. The van der Waals surface area contributed by atoms with Crippen molar-refractivity contribution in [1.29, 1.82) is 0 Å². The topological polar surface area (TPSA) is 69.0 Å². The van der Waals surface area contributed by atoms with Gasteiger partial charge in [0.2, 0.25) is 0 Å². The van der Waals surface area contributed by atoms with Crippen molar-refractivity contribution >= 4 is 22.8 Å². The molecule has 0 N–H and O–H groups in total. The molecule has 4 rings (SSSR count). The van der Waals surface area contributed by atoms with Crippen LogP contribution in [0.15, 0.2) is 28.5 Å². The molecule has 0 aliphatic carbocycles. The molecule has 1 aliphatic heterocycles. The summed E-state index contributed by atoms with van der Waals surface area (Å²) in [7, 11) is 1.63. The number of thiazole rings is 1. The van der Waals surface area contributed by atoms with Crippen LogP contribution in [0.25, 0.3) is 5.65 Å². The third-order valence-electron chi connectivity index (χ3n) is 5.17. The van der Waals surface area contributed by atoms with Crippen LogP contribution in [0.2, 0.25) is 0 Å². The van der Waals surface area contributed by atoms with E-state index in [1.165, 1.54) is 0 Å². The van der Waals surface area contributed by atoms with Gasteiger partial charge in [0, 0.05) is 37.2 Å². The lowest BCUT2D eigenvalue weighted by Gasteiger charge is -2.27. The minimum absolute atomic E-state index is 0.108. The number of hydrogen-bond donors (Lipinski definition) is 0. The summed E-state index contributed by atoms with van der Waals surface area (Å²) >= 11 is 1.70. The highest BCUT2D eigenvalue weighted by atomic mass is 32.1. The average molecular weight is 415 g/mol. The molecule has 0 aromatic carbocycles. The molecule has 0 spiro atoms. The van der Waals surface area contributed by atoms with Gasteiger partial charge in [-0.25, -0.2) is 9.97 Å². The van der Waals surface area contributed by atoms with Crippen LogP contribution in [-0.4, -0.2) is 47.8 Å². The Balaban J connectivity index is 1.66. The van der Waals surface area contributed by atoms with E-state index in [9.17, 15) is 4.79 Å². The molecule has 154 valence electrons. The van der Waals surface area contributed by atoms with Crippen LogP contribution < -0.4 is 15.2 Å². The highest BCUT2D eigenvalue weighted by molar-refractivity contribution is 7.09. The number of nitrogens with zero attached hydrogens (tertiary/aromatic N) is 4. The van der Waals surface area contributed by atoms with E-state index in [2.05, 4.69) is 24.1 Å². The third kappa shape index (κ3) is 4.13. The summed E-state index contributed by atoms with van der Waals surface area (Å²) in [4.78, 5) is 24.2. The van der Waals surface area contributed by atoms with Crippen molar-refractivity contribution < 1.29 is 9.47 Å². The molecule has 8 heteroatoms. The smallest absolute Gasteiger partial charge is 0.260 e. The van der Waals surface area contributed by atoms with Crippen LogP contribution in [0.1, 0.15) is 36.0 Å². The minimum Gasteiger partial charge on any atom is -0.493 e. The van der Waals surface area contributed by atoms with E-state index in [1.54, 1.807) is 35.1 Å². The normalized spacial score (nSPS) is 14.7. The number of aromatic nitrogens is 3. The molecule has 0 radical (unpaired) electrons. The fourth-order valence-corrected chi connectivity index (χ4v) is 4.45. The van der Waals surface area contributed by atoms with Crippen LogP contribution >= 0.6 is 11.3 Å². The van der Waals surface area contributed by atoms with Crippen molar-refractivity contribution in [3.8, 4) is 5.75 Å². The van der Waals surface area contributed by atoms with Crippen molar-refractivity contribution in [3.05, 3.63) is 50.3 Å². The van der Waals surface area contributed by atoms with Crippen molar-refractivity contribution in [2.75, 3.05) is 38.3 Å². The van der Waals surface area contributed by atoms with Gasteiger partial charge in [-0.3, -0.25) is 9.20 Å². The quantitative estimate of drug-likeness (QED) is 0.618. The Morgan fingerprint density at radius 1 is 1.24 bits per heavy atom. The number of fused-ring (bicyclic) bond motifs is 1. The second kappa shape index (κ2) is 8.51. The Hall–Kier alpha value is -2.45. The first kappa shape index (κ1) is 19.8. The van der Waals surface area contributed by atoms with Crippen LogP contribution in [0.5, 0.6) is 5.75 Å². The lowest BCUT2D eigenvalue weighted by atomic mass is 10.1. The van der Waals surface area contributed by atoms with Gasteiger partial charge in [0.15, 0.2) is 11.4 Å². The van der Waals surface area contributed by atoms with E-state index in [-0.39, 0.29) is 5.56 Å². The predicted molar refractivity (Wildman–Crippen MR) is 115 cm³/mol. The average Bonchev–Trinajstić information content (AvgIpc) is 3.21. The first-order chi connectivity index (χ1) is 14.1. The van der Waals surface area contributed by atoms with Crippen LogP contribution in [-0.2, 0) is 17.6 Å². The minimum atomic E-state index is -0.108. The van der Waals surface area contributed by atoms with Gasteiger partial charge >= 0.3 is 0 Å². The number of hydrogen-bond acceptors (Lipinski definition) is 7. The van der Waals surface area contributed by atoms with E-state index in [0.717, 1.165) is 42.2 Å². The molecular formula is C21H26N4O3S. The number of anilines is 1. The molecule has 7 nitrogen and oxygen atoms in total. The summed E-state index contributed by atoms with van der Waals surface area (Å²) in [5, 5.41) is 3.25. The highest BCUT2D eigenvalue weighted by Crippen LogP contribution is 2.27. The van der Waals surface area contributed by atoms with Crippen molar-refractivity contribution in [2.24, 2.45) is 0 Å². The van der Waals surface area contributed by atoms with Gasteiger partial charge in [0.25, 0.3) is 5.56 Å². The molecule has 0 amide bonds. The van der Waals surface area contributed by atoms with E-state index in [1.807, 2.05) is 6.07 Å². The van der Waals surface area contributed by atoms with E-state index in [0.29, 0.717) is 36.3 Å². The lowest BCUT2D eigenvalue weighted by molar-refractivity contribution is 0.122. The first-order valence-electron chi connectivity index (χ1n) is 9.93. The second-order valence-electron chi connectivity index (χ2n) is 7.44. The molecule has 0 bridgehead atoms. The Bertz CT molecular complexity index is 1050. The Kier molecular flexibility index (Phi) is 5.82. The monoisotopic (exact) mass is 414 g/mol. The number of rotatable bonds is 6. The summed E-state index contributed by atoms with van der Waals surface area (Å²) in [5.74, 6) is 1.76. The van der Waals surface area contributed by atoms with Gasteiger partial charge in [0.1, 0.15) is 5.82 Å². The zero-order valence-electron chi connectivity index (χ0n) is 17.1. The van der Waals surface area contributed by atoms with E-state index in [4.69, 9.17) is 19.4 Å². The molecule has 0 unspecified atom stereocenters. The fourth-order valence-electron chi connectivity index (χ4n) is 3.49. The van der Waals surface area contributed by atoms with Gasteiger partial charge in [-0.05, 0) is 24.0 Å². The summed E-state index contributed by atoms with van der Waals surface area (Å²) in [6.07, 6.45) is 3.40. The molecule has 0 atom stereocenters. The van der Waals surface area contributed by atoms with E-state index < -0.39 is 0 Å². The van der Waals surface area contributed by atoms with Crippen molar-refractivity contribution in [2.45, 2.75) is 32.6 Å². The molecule has 29 heavy (non-hydrogen) atoms. The molecule has 1 aliphatic rings. The lowest BCUT2D eigenvalue weighted by Crippen LogP contribution is -2.37. The Morgan fingerprint density at radius 2 is 2.03 bits per heavy atom. The number of aryl methyl sites for hydroxylation is 2. The molecule has 3 aromatic rings. The Labute approximate surface area is 173 Å². The Morgan fingerprint density at radius 3 is 2.72 bits per heavy atom. The van der Waals surface area contributed by atoms with Crippen molar-refractivity contribution in [3.63, 3.8) is 0 Å². The van der Waals surface area contributed by atoms with Crippen LogP contribution in [0.3, 0.4) is 0 Å². The van der Waals surface area contributed by atoms with E-state index >= 15 is 0 Å². The number of pyridine rings is 1. The van der Waals surface area contributed by atoms with Gasteiger partial charge in [-0.2, -0.15) is 0 Å². The first-order valence-corrected chi connectivity index (χ1v) is 10.8. The predicted octanol–water partition coefficient (Wildman–Crippen LogP) is 2.90. The number of methoxy groups -OCH3 is 1. The largest absolute Gasteiger partial charge is 0.493 e. The molecule has 3 aromatic heterocycles. The van der Waals surface area contributed by atoms with Gasteiger partial charge in [-0.15, -0.1) is 11.3 Å². The molecular weight excluding hydrogens is 388 g/mol. The highest BCUT2D eigenvalue weighted by Gasteiger charge is 2.18. The molecule has 4 heterocycles. The third-order valence-corrected chi connectivity index (χ3v) is 6.09. The summed E-state index contributed by atoms with van der Waals surface area (Å²) in [6, 6.07) is 3.53. The standard InChI is InChI=1S/C21H26N4O3S/c1-14(2)16-13-29-18(22-16)5-4-15-6-7-25-19(26)12-17(23-21(25)20(15)27-3)24-8-10-28-11-9-24/h6-7,12-14H,4-5,8-11H2,1-3H3. The second-order valence-corrected chi connectivity index (χ2v) is 8.38. The number of morpholine rings is 1. The zero-order valence-corrected chi connectivity index (χ0v) is 17.9. The summed E-state index contributed by atoms with van der Waals surface area (Å²) in [6.45, 7) is 7.05. The maximum atomic E-state index is 12.7. The maximum absolute atomic E-state index is 12.7. The van der Waals surface area contributed by atoms with Crippen LogP contribution in [0.4, 0.5) is 5.82 Å². The molecule has 1 fully saturated rings. The van der Waals surface area contributed by atoms with Gasteiger partial charge < -0.3 is 14.4 Å². The van der Waals surface area contributed by atoms with Gasteiger partial charge in [-0.1, -0.05) is 13.8 Å². The zero-order chi connectivity index (χ0) is 20.4. The fraction of sp³-hybridized carbons (Fsp3) is 0.476.